The first-order valence-corrected chi connectivity index (χ1v) is 11.5. The number of piperazine rings is 1. The first kappa shape index (κ1) is 20.3. The van der Waals surface area contributed by atoms with Crippen molar-refractivity contribution in [1.82, 2.24) is 14.7 Å². The maximum atomic E-state index is 13.3. The highest BCUT2D eigenvalue weighted by molar-refractivity contribution is 7.20. The van der Waals surface area contributed by atoms with Gasteiger partial charge >= 0.3 is 0 Å². The van der Waals surface area contributed by atoms with E-state index >= 15 is 0 Å². The predicted octanol–water partition coefficient (Wildman–Crippen LogP) is 4.54. The molecule has 5 rings (SSSR count). The molecule has 1 amide bonds. The summed E-state index contributed by atoms with van der Waals surface area (Å²) >= 11 is 1.51. The molecule has 32 heavy (non-hydrogen) atoms. The summed E-state index contributed by atoms with van der Waals surface area (Å²) in [5.41, 5.74) is 4.73. The standard InChI is InChI=1S/C25H23N5OS/c1-17-7-3-5-9-21(17)30-25-20(18(2)27-30)15-23(32-25)24(31)29-13-11-28(12-14-29)22-10-6-4-8-19(22)16-26/h3-10,15H,11-14H2,1-2H3. The normalized spacial score (nSPS) is 14.0. The molecule has 3 heterocycles. The highest BCUT2D eigenvalue weighted by atomic mass is 32.1. The van der Waals surface area contributed by atoms with E-state index in [9.17, 15) is 10.1 Å². The molecule has 0 saturated carbocycles. The van der Waals surface area contributed by atoms with Crippen LogP contribution in [-0.4, -0.2) is 46.8 Å². The molecule has 7 heteroatoms. The zero-order valence-corrected chi connectivity index (χ0v) is 18.9. The average molecular weight is 442 g/mol. The van der Waals surface area contributed by atoms with Gasteiger partial charge in [-0.1, -0.05) is 30.3 Å². The zero-order chi connectivity index (χ0) is 22.2. The Morgan fingerprint density at radius 3 is 2.41 bits per heavy atom. The molecule has 0 unspecified atom stereocenters. The lowest BCUT2D eigenvalue weighted by atomic mass is 10.1. The van der Waals surface area contributed by atoms with Crippen molar-refractivity contribution in [1.29, 1.82) is 5.26 Å². The molecular weight excluding hydrogens is 418 g/mol. The van der Waals surface area contributed by atoms with Crippen LogP contribution in [0.2, 0.25) is 0 Å². The maximum Gasteiger partial charge on any atom is 0.264 e. The average Bonchev–Trinajstić information content (AvgIpc) is 3.40. The number of benzene rings is 2. The molecule has 1 aliphatic heterocycles. The van der Waals surface area contributed by atoms with E-state index in [1.54, 1.807) is 0 Å². The van der Waals surface area contributed by atoms with Gasteiger partial charge in [-0.15, -0.1) is 11.3 Å². The number of aryl methyl sites for hydroxylation is 2. The highest BCUT2D eigenvalue weighted by Crippen LogP contribution is 2.32. The lowest BCUT2D eigenvalue weighted by molar-refractivity contribution is 0.0751. The third kappa shape index (κ3) is 3.43. The van der Waals surface area contributed by atoms with E-state index in [0.717, 1.165) is 37.7 Å². The minimum Gasteiger partial charge on any atom is -0.367 e. The van der Waals surface area contributed by atoms with Crippen molar-refractivity contribution in [3.05, 3.63) is 76.3 Å². The second-order valence-electron chi connectivity index (χ2n) is 8.02. The summed E-state index contributed by atoms with van der Waals surface area (Å²) < 4.78 is 1.96. The van der Waals surface area contributed by atoms with E-state index in [-0.39, 0.29) is 5.91 Å². The summed E-state index contributed by atoms with van der Waals surface area (Å²) in [6.45, 7) is 6.76. The van der Waals surface area contributed by atoms with Gasteiger partial charge in [0.25, 0.3) is 5.91 Å². The second-order valence-corrected chi connectivity index (χ2v) is 9.05. The molecule has 1 saturated heterocycles. The number of carbonyl (C=O) groups is 1. The Bertz CT molecular complexity index is 1350. The van der Waals surface area contributed by atoms with Gasteiger partial charge in [0.1, 0.15) is 10.9 Å². The van der Waals surface area contributed by atoms with Gasteiger partial charge in [0.2, 0.25) is 0 Å². The molecule has 0 N–H and O–H groups in total. The van der Waals surface area contributed by atoms with Crippen LogP contribution in [0, 0.1) is 25.2 Å². The Hall–Kier alpha value is -3.63. The van der Waals surface area contributed by atoms with E-state index in [1.165, 1.54) is 11.3 Å². The first-order chi connectivity index (χ1) is 15.6. The summed E-state index contributed by atoms with van der Waals surface area (Å²) in [6, 6.07) is 20.0. The van der Waals surface area contributed by atoms with Crippen LogP contribution in [0.5, 0.6) is 0 Å². The van der Waals surface area contributed by atoms with Gasteiger partial charge in [-0.3, -0.25) is 4.79 Å². The fraction of sp³-hybridized carbons (Fsp3) is 0.240. The fourth-order valence-electron chi connectivity index (χ4n) is 4.27. The molecule has 2 aromatic heterocycles. The van der Waals surface area contributed by atoms with Crippen molar-refractivity contribution < 1.29 is 4.79 Å². The molecule has 0 radical (unpaired) electrons. The number of hydrogen-bond donors (Lipinski definition) is 0. The van der Waals surface area contributed by atoms with Crippen LogP contribution in [0.3, 0.4) is 0 Å². The Morgan fingerprint density at radius 1 is 1.00 bits per heavy atom. The number of aromatic nitrogens is 2. The van der Waals surface area contributed by atoms with Gasteiger partial charge in [0.05, 0.1) is 27.5 Å². The molecule has 1 aliphatic rings. The Morgan fingerprint density at radius 2 is 1.69 bits per heavy atom. The van der Waals surface area contributed by atoms with E-state index in [0.29, 0.717) is 31.7 Å². The van der Waals surface area contributed by atoms with Crippen molar-refractivity contribution in [2.45, 2.75) is 13.8 Å². The summed E-state index contributed by atoms with van der Waals surface area (Å²) in [5.74, 6) is 0.0650. The number of para-hydroxylation sites is 2. The number of thiophene rings is 1. The number of anilines is 1. The minimum atomic E-state index is 0.0650. The fourth-order valence-corrected chi connectivity index (χ4v) is 5.41. The summed E-state index contributed by atoms with van der Waals surface area (Å²) in [5, 5.41) is 15.1. The molecule has 4 aromatic rings. The van der Waals surface area contributed by atoms with Gasteiger partial charge in [-0.2, -0.15) is 10.4 Å². The van der Waals surface area contributed by atoms with Crippen molar-refractivity contribution in [2.75, 3.05) is 31.1 Å². The van der Waals surface area contributed by atoms with Gasteiger partial charge in [0, 0.05) is 31.6 Å². The van der Waals surface area contributed by atoms with Crippen molar-refractivity contribution >= 4 is 33.1 Å². The van der Waals surface area contributed by atoms with E-state index in [4.69, 9.17) is 5.10 Å². The molecule has 1 fully saturated rings. The smallest absolute Gasteiger partial charge is 0.264 e. The molecule has 160 valence electrons. The Labute approximate surface area is 190 Å². The van der Waals surface area contributed by atoms with Crippen LogP contribution in [0.4, 0.5) is 5.69 Å². The van der Waals surface area contributed by atoms with Crippen LogP contribution in [0.25, 0.3) is 15.9 Å². The van der Waals surface area contributed by atoms with Crippen LogP contribution in [0.1, 0.15) is 26.5 Å². The summed E-state index contributed by atoms with van der Waals surface area (Å²) in [4.78, 5) is 19.1. The van der Waals surface area contributed by atoms with Crippen LogP contribution in [-0.2, 0) is 0 Å². The summed E-state index contributed by atoms with van der Waals surface area (Å²) in [6.07, 6.45) is 0. The topological polar surface area (TPSA) is 65.2 Å². The number of carbonyl (C=O) groups excluding carboxylic acids is 1. The van der Waals surface area contributed by atoms with Crippen molar-refractivity contribution in [2.24, 2.45) is 0 Å². The third-order valence-electron chi connectivity index (χ3n) is 6.03. The number of nitriles is 1. The molecule has 0 aliphatic carbocycles. The lowest BCUT2D eigenvalue weighted by Crippen LogP contribution is -2.48. The van der Waals surface area contributed by atoms with E-state index in [2.05, 4.69) is 30.0 Å². The Kier molecular flexibility index (Phi) is 5.16. The van der Waals surface area contributed by atoms with Crippen molar-refractivity contribution in [3.63, 3.8) is 0 Å². The number of fused-ring (bicyclic) bond motifs is 1. The number of rotatable bonds is 3. The quantitative estimate of drug-likeness (QED) is 0.468. The molecule has 2 aromatic carbocycles. The highest BCUT2D eigenvalue weighted by Gasteiger charge is 2.26. The Balaban J connectivity index is 1.38. The summed E-state index contributed by atoms with van der Waals surface area (Å²) in [7, 11) is 0. The maximum absolute atomic E-state index is 13.3. The van der Waals surface area contributed by atoms with Gasteiger partial charge < -0.3 is 9.80 Å². The molecular formula is C25H23N5OS. The van der Waals surface area contributed by atoms with Crippen LogP contribution in [0.15, 0.2) is 54.6 Å². The molecule has 0 spiro atoms. The predicted molar refractivity (Wildman–Crippen MR) is 128 cm³/mol. The first-order valence-electron chi connectivity index (χ1n) is 10.7. The number of amides is 1. The van der Waals surface area contributed by atoms with Crippen LogP contribution >= 0.6 is 11.3 Å². The largest absolute Gasteiger partial charge is 0.367 e. The van der Waals surface area contributed by atoms with Gasteiger partial charge in [0.15, 0.2) is 0 Å². The zero-order valence-electron chi connectivity index (χ0n) is 18.1. The number of hydrogen-bond acceptors (Lipinski definition) is 5. The lowest BCUT2D eigenvalue weighted by Gasteiger charge is -2.36. The van der Waals surface area contributed by atoms with E-state index < -0.39 is 0 Å². The second kappa shape index (κ2) is 8.13. The minimum absolute atomic E-state index is 0.0650. The SMILES string of the molecule is Cc1ccccc1-n1nc(C)c2cc(C(=O)N3CCN(c4ccccc4C#N)CC3)sc21. The monoisotopic (exact) mass is 441 g/mol. The van der Waals surface area contributed by atoms with Crippen molar-refractivity contribution in [3.8, 4) is 11.8 Å². The van der Waals surface area contributed by atoms with Gasteiger partial charge in [-0.05, 0) is 43.7 Å². The number of nitrogens with zero attached hydrogens (tertiary/aromatic N) is 5. The van der Waals surface area contributed by atoms with Gasteiger partial charge in [-0.25, -0.2) is 4.68 Å². The third-order valence-corrected chi connectivity index (χ3v) is 7.13. The molecule has 0 bridgehead atoms. The van der Waals surface area contributed by atoms with E-state index in [1.807, 2.05) is 59.0 Å². The molecule has 0 atom stereocenters. The molecule has 6 nitrogen and oxygen atoms in total. The van der Waals surface area contributed by atoms with Crippen LogP contribution < -0.4 is 4.90 Å².